The minimum atomic E-state index is 0.828. The first kappa shape index (κ1) is 31.5. The van der Waals surface area contributed by atoms with Crippen molar-refractivity contribution >= 4 is 97.7 Å². The Bertz CT molecular complexity index is 3800. The first-order valence-corrected chi connectivity index (χ1v) is 19.9. The molecule has 11 aromatic carbocycles. The van der Waals surface area contributed by atoms with E-state index >= 15 is 0 Å². The summed E-state index contributed by atoms with van der Waals surface area (Å²) in [7, 11) is 0. The van der Waals surface area contributed by atoms with E-state index in [1.807, 2.05) is 0 Å². The molecule has 268 valence electrons. The molecule has 0 atom stereocenters. The Labute approximate surface area is 332 Å². The van der Waals surface area contributed by atoms with Crippen LogP contribution in [0.5, 0.6) is 0 Å². The standard InChI is InChI=1S/C56H32O2/c1-3-15-36-33(12-1)14-11-23-41(36)52-42-19-7-9-21-44(42)53(45-22-10-8-20-43(45)52)46-27-26-37(39-17-5-6-18-40(39)46)35-25-29-49-48(32-35)55-51(57-49)31-28-47-54-38-16-4-2-13-34(38)24-30-50(54)58-56(47)55/h1-32H. The van der Waals surface area contributed by atoms with Gasteiger partial charge < -0.3 is 8.83 Å². The summed E-state index contributed by atoms with van der Waals surface area (Å²) in [5, 5.41) is 16.6. The average molecular weight is 737 g/mol. The van der Waals surface area contributed by atoms with Gasteiger partial charge >= 0.3 is 0 Å². The fourth-order valence-electron chi connectivity index (χ4n) is 9.95. The van der Waals surface area contributed by atoms with E-state index in [0.717, 1.165) is 49.4 Å². The number of furan rings is 2. The molecule has 0 N–H and O–H groups in total. The predicted molar refractivity (Wildman–Crippen MR) is 245 cm³/mol. The van der Waals surface area contributed by atoms with Gasteiger partial charge in [0.2, 0.25) is 0 Å². The van der Waals surface area contributed by atoms with E-state index in [1.54, 1.807) is 0 Å². The molecule has 0 saturated heterocycles. The number of rotatable bonds is 3. The number of hydrogen-bond donors (Lipinski definition) is 0. The van der Waals surface area contributed by atoms with Crippen molar-refractivity contribution in [3.63, 3.8) is 0 Å². The van der Waals surface area contributed by atoms with E-state index in [0.29, 0.717) is 0 Å². The van der Waals surface area contributed by atoms with Gasteiger partial charge in [-0.05, 0) is 118 Å². The normalized spacial score (nSPS) is 12.1. The zero-order chi connectivity index (χ0) is 37.9. The quantitative estimate of drug-likeness (QED) is 0.169. The van der Waals surface area contributed by atoms with E-state index < -0.39 is 0 Å². The second kappa shape index (κ2) is 11.9. The van der Waals surface area contributed by atoms with Gasteiger partial charge in [0.15, 0.2) is 0 Å². The van der Waals surface area contributed by atoms with Crippen LogP contribution in [0.15, 0.2) is 203 Å². The molecule has 0 saturated carbocycles. The van der Waals surface area contributed by atoms with Crippen LogP contribution >= 0.6 is 0 Å². The fourth-order valence-corrected chi connectivity index (χ4v) is 9.95. The zero-order valence-corrected chi connectivity index (χ0v) is 31.3. The molecule has 13 rings (SSSR count). The maximum absolute atomic E-state index is 6.69. The lowest BCUT2D eigenvalue weighted by molar-refractivity contribution is 0.663. The molecule has 0 amide bonds. The molecule has 0 aliphatic carbocycles. The van der Waals surface area contributed by atoms with Gasteiger partial charge in [0.25, 0.3) is 0 Å². The summed E-state index contributed by atoms with van der Waals surface area (Å²) in [6.45, 7) is 0. The van der Waals surface area contributed by atoms with Crippen molar-refractivity contribution in [2.75, 3.05) is 0 Å². The minimum absolute atomic E-state index is 0.828. The van der Waals surface area contributed by atoms with Gasteiger partial charge in [0.1, 0.15) is 22.3 Å². The summed E-state index contributed by atoms with van der Waals surface area (Å²) < 4.78 is 13.2. The summed E-state index contributed by atoms with van der Waals surface area (Å²) in [4.78, 5) is 0. The molecule has 2 heterocycles. The molecule has 0 aliphatic heterocycles. The second-order valence-corrected chi connectivity index (χ2v) is 15.5. The number of hydrogen-bond acceptors (Lipinski definition) is 2. The molecule has 0 fully saturated rings. The Morgan fingerprint density at radius 3 is 1.47 bits per heavy atom. The van der Waals surface area contributed by atoms with Crippen LogP contribution in [-0.2, 0) is 0 Å². The third-order valence-corrected chi connectivity index (χ3v) is 12.5. The van der Waals surface area contributed by atoms with Crippen LogP contribution in [-0.4, -0.2) is 0 Å². The average Bonchev–Trinajstić information content (AvgIpc) is 3.86. The summed E-state index contributed by atoms with van der Waals surface area (Å²) in [5.41, 5.74) is 10.8. The Morgan fingerprint density at radius 2 is 0.759 bits per heavy atom. The highest BCUT2D eigenvalue weighted by atomic mass is 16.3. The van der Waals surface area contributed by atoms with Gasteiger partial charge in [-0.3, -0.25) is 0 Å². The van der Waals surface area contributed by atoms with Crippen LogP contribution in [0.25, 0.3) is 131 Å². The van der Waals surface area contributed by atoms with Crippen molar-refractivity contribution in [2.24, 2.45) is 0 Å². The van der Waals surface area contributed by atoms with Crippen LogP contribution in [0, 0.1) is 0 Å². The van der Waals surface area contributed by atoms with Crippen LogP contribution in [0.3, 0.4) is 0 Å². The van der Waals surface area contributed by atoms with Gasteiger partial charge in [-0.2, -0.15) is 0 Å². The van der Waals surface area contributed by atoms with Crippen molar-refractivity contribution < 1.29 is 8.83 Å². The number of benzene rings is 11. The molecule has 0 bridgehead atoms. The highest BCUT2D eigenvalue weighted by molar-refractivity contribution is 6.28. The second-order valence-electron chi connectivity index (χ2n) is 15.5. The molecule has 13 aromatic rings. The Morgan fingerprint density at radius 1 is 0.259 bits per heavy atom. The molecule has 0 aliphatic rings. The van der Waals surface area contributed by atoms with Gasteiger partial charge in [0.05, 0.1) is 5.39 Å². The monoisotopic (exact) mass is 736 g/mol. The largest absolute Gasteiger partial charge is 0.456 e. The SMILES string of the molecule is c1ccc2c(-c3c4ccccc4c(-c4ccc(-c5ccc6oc7ccc8c(oc9ccc%10ccccc%10c98)c7c6c5)c5ccccc45)c4ccccc34)cccc2c1. The fraction of sp³-hybridized carbons (Fsp3) is 0. The first-order chi connectivity index (χ1) is 28.8. The minimum Gasteiger partial charge on any atom is -0.456 e. The Kier molecular flexibility index (Phi) is 6.47. The molecule has 58 heavy (non-hydrogen) atoms. The van der Waals surface area contributed by atoms with Crippen molar-refractivity contribution in [2.45, 2.75) is 0 Å². The molecule has 2 aromatic heterocycles. The molecular formula is C56H32O2. The highest BCUT2D eigenvalue weighted by Crippen LogP contribution is 2.48. The molecule has 0 spiro atoms. The first-order valence-electron chi connectivity index (χ1n) is 19.9. The van der Waals surface area contributed by atoms with Crippen LogP contribution in [0.2, 0.25) is 0 Å². The van der Waals surface area contributed by atoms with Crippen molar-refractivity contribution in [1.82, 2.24) is 0 Å². The van der Waals surface area contributed by atoms with E-state index in [4.69, 9.17) is 8.83 Å². The van der Waals surface area contributed by atoms with E-state index in [1.165, 1.54) is 81.7 Å². The lowest BCUT2D eigenvalue weighted by atomic mass is 9.83. The van der Waals surface area contributed by atoms with E-state index in [-0.39, 0.29) is 0 Å². The highest BCUT2D eigenvalue weighted by Gasteiger charge is 2.22. The van der Waals surface area contributed by atoms with Gasteiger partial charge in [0, 0.05) is 16.2 Å². The Balaban J connectivity index is 1.05. The topological polar surface area (TPSA) is 26.3 Å². The van der Waals surface area contributed by atoms with Gasteiger partial charge in [-0.15, -0.1) is 0 Å². The molecule has 2 nitrogen and oxygen atoms in total. The molecule has 0 radical (unpaired) electrons. The molecule has 2 heteroatoms. The third-order valence-electron chi connectivity index (χ3n) is 12.5. The summed E-state index contributed by atoms with van der Waals surface area (Å²) in [6.07, 6.45) is 0. The van der Waals surface area contributed by atoms with E-state index in [2.05, 4.69) is 194 Å². The molecule has 0 unspecified atom stereocenters. The number of fused-ring (bicyclic) bond motifs is 13. The molecular weight excluding hydrogens is 705 g/mol. The van der Waals surface area contributed by atoms with Gasteiger partial charge in [-0.1, -0.05) is 164 Å². The van der Waals surface area contributed by atoms with Crippen molar-refractivity contribution in [3.8, 4) is 33.4 Å². The lowest BCUT2D eigenvalue weighted by Crippen LogP contribution is -1.93. The van der Waals surface area contributed by atoms with Crippen LogP contribution in [0.4, 0.5) is 0 Å². The third kappa shape index (κ3) is 4.37. The van der Waals surface area contributed by atoms with Crippen molar-refractivity contribution in [1.29, 1.82) is 0 Å². The van der Waals surface area contributed by atoms with Crippen LogP contribution < -0.4 is 0 Å². The maximum Gasteiger partial charge on any atom is 0.147 e. The zero-order valence-electron chi connectivity index (χ0n) is 31.3. The predicted octanol–water partition coefficient (Wildman–Crippen LogP) is 16.3. The maximum atomic E-state index is 6.69. The smallest absolute Gasteiger partial charge is 0.147 e. The summed E-state index contributed by atoms with van der Waals surface area (Å²) >= 11 is 0. The Hall–Kier alpha value is -7.68. The summed E-state index contributed by atoms with van der Waals surface area (Å²) in [5.74, 6) is 0. The van der Waals surface area contributed by atoms with Crippen molar-refractivity contribution in [3.05, 3.63) is 194 Å². The summed E-state index contributed by atoms with van der Waals surface area (Å²) in [6, 6.07) is 70.4. The lowest BCUT2D eigenvalue weighted by Gasteiger charge is -2.20. The van der Waals surface area contributed by atoms with E-state index in [9.17, 15) is 0 Å². The van der Waals surface area contributed by atoms with Gasteiger partial charge in [-0.25, -0.2) is 0 Å². The van der Waals surface area contributed by atoms with Crippen LogP contribution in [0.1, 0.15) is 0 Å².